The van der Waals surface area contributed by atoms with E-state index in [0.29, 0.717) is 18.8 Å². The highest BCUT2D eigenvalue weighted by Crippen LogP contribution is 2.31. The zero-order valence-corrected chi connectivity index (χ0v) is 18.1. The number of hydrogen-bond acceptors (Lipinski definition) is 7. The smallest absolute Gasteiger partial charge is 0.270 e. The summed E-state index contributed by atoms with van der Waals surface area (Å²) in [5, 5.41) is 16.5. The lowest BCUT2D eigenvalue weighted by Crippen LogP contribution is -2.35. The van der Waals surface area contributed by atoms with Crippen LogP contribution in [0.4, 0.5) is 17.1 Å². The Labute approximate surface area is 180 Å². The van der Waals surface area contributed by atoms with E-state index in [-0.39, 0.29) is 27.6 Å². The third-order valence-corrected chi connectivity index (χ3v) is 6.99. The molecule has 1 aliphatic heterocycles. The van der Waals surface area contributed by atoms with Gasteiger partial charge in [-0.25, -0.2) is 8.42 Å². The summed E-state index contributed by atoms with van der Waals surface area (Å²) in [6.07, 6.45) is 2.60. The number of hydrogen-bond donors (Lipinski definition) is 2. The molecule has 2 aromatic carbocycles. The van der Waals surface area contributed by atoms with Crippen molar-refractivity contribution in [3.63, 3.8) is 0 Å². The number of amides is 1. The van der Waals surface area contributed by atoms with E-state index in [1.54, 1.807) is 7.05 Å². The highest BCUT2D eigenvalue weighted by Gasteiger charge is 2.27. The van der Waals surface area contributed by atoms with Gasteiger partial charge >= 0.3 is 0 Å². The number of methoxy groups -OCH3 is 1. The number of piperidine rings is 1. The number of nitro groups is 1. The Balaban J connectivity index is 1.96. The molecule has 2 N–H and O–H groups in total. The van der Waals surface area contributed by atoms with E-state index in [4.69, 9.17) is 4.74 Å². The topological polar surface area (TPSA) is 131 Å². The van der Waals surface area contributed by atoms with Gasteiger partial charge in [0.2, 0.25) is 10.0 Å². The summed E-state index contributed by atoms with van der Waals surface area (Å²) in [6, 6.07) is 8.12. The van der Waals surface area contributed by atoms with Crippen molar-refractivity contribution >= 4 is 33.0 Å². The largest absolute Gasteiger partial charge is 0.495 e. The van der Waals surface area contributed by atoms with Crippen molar-refractivity contribution in [2.24, 2.45) is 0 Å². The number of sulfonamides is 1. The second-order valence-corrected chi connectivity index (χ2v) is 8.96. The van der Waals surface area contributed by atoms with Crippen LogP contribution in [0.3, 0.4) is 0 Å². The first-order chi connectivity index (χ1) is 14.8. The van der Waals surface area contributed by atoms with Gasteiger partial charge in [0, 0.05) is 38.0 Å². The predicted molar refractivity (Wildman–Crippen MR) is 116 cm³/mol. The normalized spacial score (nSPS) is 14.6. The number of benzene rings is 2. The zero-order valence-electron chi connectivity index (χ0n) is 17.3. The maximum absolute atomic E-state index is 13.0. The molecule has 0 unspecified atom stereocenters. The van der Waals surface area contributed by atoms with Crippen molar-refractivity contribution in [1.82, 2.24) is 4.31 Å². The molecule has 0 radical (unpaired) electrons. The van der Waals surface area contributed by atoms with Gasteiger partial charge in [0.1, 0.15) is 5.75 Å². The quantitative estimate of drug-likeness (QED) is 0.491. The number of ether oxygens (including phenoxy) is 1. The average Bonchev–Trinajstić information content (AvgIpc) is 2.79. The third-order valence-electron chi connectivity index (χ3n) is 5.10. The van der Waals surface area contributed by atoms with E-state index in [9.17, 15) is 23.3 Å². The molecule has 1 heterocycles. The molecular weight excluding hydrogens is 424 g/mol. The van der Waals surface area contributed by atoms with Gasteiger partial charge in [0.25, 0.3) is 11.6 Å². The molecule has 0 atom stereocenters. The zero-order chi connectivity index (χ0) is 22.6. The Morgan fingerprint density at radius 2 is 1.81 bits per heavy atom. The van der Waals surface area contributed by atoms with Crippen LogP contribution < -0.4 is 15.4 Å². The predicted octanol–water partition coefficient (Wildman–Crippen LogP) is 3.07. The minimum absolute atomic E-state index is 0.0402. The van der Waals surface area contributed by atoms with Gasteiger partial charge in [-0.05, 0) is 37.1 Å². The van der Waals surface area contributed by atoms with Crippen LogP contribution in [0.1, 0.15) is 29.6 Å². The number of carbonyl (C=O) groups excluding carboxylic acids is 1. The molecule has 1 amide bonds. The van der Waals surface area contributed by atoms with Crippen molar-refractivity contribution in [2.45, 2.75) is 24.2 Å². The molecule has 11 heteroatoms. The van der Waals surface area contributed by atoms with Gasteiger partial charge in [-0.15, -0.1) is 0 Å². The molecule has 0 bridgehead atoms. The second-order valence-electron chi connectivity index (χ2n) is 7.02. The number of nitro benzene ring substituents is 1. The standard InChI is InChI=1S/C20H24N4O6S/c1-21-17-8-6-14(24(26)27)12-16(17)20(25)22-18-13-15(7-9-19(18)30-2)31(28,29)23-10-4-3-5-11-23/h6-9,12-13,21H,3-5,10-11H2,1-2H3,(H,22,25). The van der Waals surface area contributed by atoms with Gasteiger partial charge in [0.05, 0.1) is 28.2 Å². The first-order valence-electron chi connectivity index (χ1n) is 9.73. The molecule has 0 saturated carbocycles. The minimum Gasteiger partial charge on any atom is -0.495 e. The number of non-ortho nitro benzene ring substituents is 1. The first-order valence-corrected chi connectivity index (χ1v) is 11.2. The summed E-state index contributed by atoms with van der Waals surface area (Å²) >= 11 is 0. The number of anilines is 2. The maximum Gasteiger partial charge on any atom is 0.270 e. The highest BCUT2D eigenvalue weighted by atomic mass is 32.2. The summed E-state index contributed by atoms with van der Waals surface area (Å²) in [7, 11) is -0.729. The van der Waals surface area contributed by atoms with Crippen LogP contribution in [0, 0.1) is 10.1 Å². The molecule has 31 heavy (non-hydrogen) atoms. The summed E-state index contributed by atoms with van der Waals surface area (Å²) in [4.78, 5) is 23.5. The third kappa shape index (κ3) is 4.78. The number of rotatable bonds is 7. The first kappa shape index (κ1) is 22.5. The Morgan fingerprint density at radius 3 is 2.42 bits per heavy atom. The van der Waals surface area contributed by atoms with Crippen LogP contribution in [0.5, 0.6) is 5.75 Å². The van der Waals surface area contributed by atoms with Crippen LogP contribution >= 0.6 is 0 Å². The molecule has 1 fully saturated rings. The van der Waals surface area contributed by atoms with Crippen LogP contribution in [0.15, 0.2) is 41.3 Å². The fourth-order valence-electron chi connectivity index (χ4n) is 3.44. The highest BCUT2D eigenvalue weighted by molar-refractivity contribution is 7.89. The minimum atomic E-state index is -3.72. The number of nitrogens with one attached hydrogen (secondary N) is 2. The van der Waals surface area contributed by atoms with Crippen molar-refractivity contribution in [3.05, 3.63) is 52.1 Å². The van der Waals surface area contributed by atoms with Crippen LogP contribution in [-0.4, -0.2) is 50.8 Å². The Morgan fingerprint density at radius 1 is 1.10 bits per heavy atom. The molecule has 0 spiro atoms. The second kappa shape index (κ2) is 9.31. The fraction of sp³-hybridized carbons (Fsp3) is 0.350. The molecule has 1 aliphatic rings. The Bertz CT molecular complexity index is 1100. The summed E-state index contributed by atoms with van der Waals surface area (Å²) in [5.74, 6) is -0.374. The molecule has 0 aliphatic carbocycles. The van der Waals surface area contributed by atoms with E-state index in [1.165, 1.54) is 41.7 Å². The summed E-state index contributed by atoms with van der Waals surface area (Å²) in [6.45, 7) is 0.907. The lowest BCUT2D eigenvalue weighted by molar-refractivity contribution is -0.384. The van der Waals surface area contributed by atoms with E-state index >= 15 is 0 Å². The maximum atomic E-state index is 13.0. The van der Waals surface area contributed by atoms with E-state index in [0.717, 1.165) is 25.3 Å². The molecular formula is C20H24N4O6S. The van der Waals surface area contributed by atoms with Gasteiger partial charge in [-0.3, -0.25) is 14.9 Å². The molecule has 0 aromatic heterocycles. The lowest BCUT2D eigenvalue weighted by atomic mass is 10.1. The van der Waals surface area contributed by atoms with Crippen molar-refractivity contribution in [2.75, 3.05) is 37.9 Å². The summed E-state index contributed by atoms with van der Waals surface area (Å²) < 4.78 is 32.7. The Hall–Kier alpha value is -3.18. The van der Waals surface area contributed by atoms with E-state index < -0.39 is 20.9 Å². The van der Waals surface area contributed by atoms with Crippen molar-refractivity contribution in [1.29, 1.82) is 0 Å². The van der Waals surface area contributed by atoms with Gasteiger partial charge < -0.3 is 15.4 Å². The summed E-state index contributed by atoms with van der Waals surface area (Å²) in [5.41, 5.74) is 0.346. The molecule has 3 rings (SSSR count). The van der Waals surface area contributed by atoms with Gasteiger partial charge in [-0.2, -0.15) is 4.31 Å². The molecule has 1 saturated heterocycles. The lowest BCUT2D eigenvalue weighted by Gasteiger charge is -2.26. The Kier molecular flexibility index (Phi) is 6.76. The molecule has 2 aromatic rings. The average molecular weight is 449 g/mol. The van der Waals surface area contributed by atoms with Crippen LogP contribution in [-0.2, 0) is 10.0 Å². The molecule has 10 nitrogen and oxygen atoms in total. The fourth-order valence-corrected chi connectivity index (χ4v) is 4.98. The SMILES string of the molecule is CNc1ccc([N+](=O)[O-])cc1C(=O)Nc1cc(S(=O)(=O)N2CCCCC2)ccc1OC. The van der Waals surface area contributed by atoms with Gasteiger partial charge in [0.15, 0.2) is 0 Å². The number of carbonyl (C=O) groups is 1. The van der Waals surface area contributed by atoms with Crippen LogP contribution in [0.25, 0.3) is 0 Å². The van der Waals surface area contributed by atoms with Crippen molar-refractivity contribution in [3.8, 4) is 5.75 Å². The van der Waals surface area contributed by atoms with Crippen molar-refractivity contribution < 1.29 is 22.9 Å². The van der Waals surface area contributed by atoms with E-state index in [2.05, 4.69) is 10.6 Å². The van der Waals surface area contributed by atoms with Gasteiger partial charge in [-0.1, -0.05) is 6.42 Å². The number of nitrogens with zero attached hydrogens (tertiary/aromatic N) is 2. The van der Waals surface area contributed by atoms with Crippen LogP contribution in [0.2, 0.25) is 0 Å². The van der Waals surface area contributed by atoms with E-state index in [1.807, 2.05) is 0 Å². The monoisotopic (exact) mass is 448 g/mol. The molecule has 166 valence electrons.